The maximum absolute atomic E-state index is 14.5. The Bertz CT molecular complexity index is 1300. The van der Waals surface area contributed by atoms with Gasteiger partial charge in [0.2, 0.25) is 0 Å². The van der Waals surface area contributed by atoms with Gasteiger partial charge in [0.05, 0.1) is 23.7 Å². The zero-order valence-electron chi connectivity index (χ0n) is 20.8. The van der Waals surface area contributed by atoms with Gasteiger partial charge in [0.1, 0.15) is 11.8 Å². The number of nitrogens with zero attached hydrogens (tertiary/aromatic N) is 3. The molecular formula is C29H31ClN3O4+. The number of rotatable bonds is 5. The molecule has 2 aliphatic rings. The third kappa shape index (κ3) is 4.93. The van der Waals surface area contributed by atoms with Gasteiger partial charge in [-0.25, -0.2) is 14.1 Å². The summed E-state index contributed by atoms with van der Waals surface area (Å²) in [6.07, 6.45) is 6.58. The summed E-state index contributed by atoms with van der Waals surface area (Å²) < 4.78 is 5.18. The number of aromatic nitrogens is 1. The summed E-state index contributed by atoms with van der Waals surface area (Å²) in [5.74, 6) is 0.273. The fraction of sp³-hybridized carbons (Fsp3) is 0.345. The van der Waals surface area contributed by atoms with E-state index in [-0.39, 0.29) is 28.2 Å². The van der Waals surface area contributed by atoms with Crippen LogP contribution in [-0.4, -0.2) is 52.8 Å². The molecule has 0 bridgehead atoms. The molecule has 2 heterocycles. The van der Waals surface area contributed by atoms with Crippen molar-refractivity contribution in [3.8, 4) is 5.75 Å². The van der Waals surface area contributed by atoms with Gasteiger partial charge in [0.15, 0.2) is 0 Å². The Morgan fingerprint density at radius 2 is 1.84 bits per heavy atom. The minimum absolute atomic E-state index is 0.00429. The van der Waals surface area contributed by atoms with E-state index in [2.05, 4.69) is 9.88 Å². The molecule has 7 nitrogen and oxygen atoms in total. The Balaban J connectivity index is 1.54. The zero-order valence-corrected chi connectivity index (χ0v) is 21.6. The highest BCUT2D eigenvalue weighted by Gasteiger charge is 2.50. The SMILES string of the molecule is C[N+](C(=O)c1ccccc1Cl)(C1CCCN(c2ccncc2)CC1)[C@@H]1CCc2ccc(OC(=O)O)cc21. The lowest BCUT2D eigenvalue weighted by molar-refractivity contribution is -0.886. The highest BCUT2D eigenvalue weighted by Crippen LogP contribution is 2.46. The van der Waals surface area contributed by atoms with E-state index in [0.29, 0.717) is 10.6 Å². The van der Waals surface area contributed by atoms with Crippen LogP contribution >= 0.6 is 11.6 Å². The molecule has 0 spiro atoms. The van der Waals surface area contributed by atoms with Crippen molar-refractivity contribution >= 4 is 29.4 Å². The van der Waals surface area contributed by atoms with Crippen molar-refractivity contribution in [2.75, 3.05) is 25.0 Å². The number of fused-ring (bicyclic) bond motifs is 1. The minimum Gasteiger partial charge on any atom is -0.449 e. The summed E-state index contributed by atoms with van der Waals surface area (Å²) in [5, 5.41) is 9.61. The van der Waals surface area contributed by atoms with Gasteiger partial charge in [-0.3, -0.25) is 4.98 Å². The zero-order chi connectivity index (χ0) is 26.0. The van der Waals surface area contributed by atoms with Crippen LogP contribution in [-0.2, 0) is 6.42 Å². The Morgan fingerprint density at radius 3 is 2.59 bits per heavy atom. The van der Waals surface area contributed by atoms with E-state index in [9.17, 15) is 9.59 Å². The molecule has 0 radical (unpaired) electrons. The number of halogens is 1. The largest absolute Gasteiger partial charge is 0.511 e. The fourth-order valence-electron chi connectivity index (χ4n) is 6.16. The second kappa shape index (κ2) is 10.5. The molecule has 192 valence electrons. The first-order valence-electron chi connectivity index (χ1n) is 12.7. The monoisotopic (exact) mass is 520 g/mol. The molecule has 1 aromatic heterocycles. The third-order valence-corrected chi connectivity index (χ3v) is 8.37. The van der Waals surface area contributed by atoms with Crippen LogP contribution in [0.25, 0.3) is 0 Å². The average molecular weight is 521 g/mol. The predicted molar refractivity (Wildman–Crippen MR) is 142 cm³/mol. The molecule has 1 aliphatic carbocycles. The van der Waals surface area contributed by atoms with Crippen molar-refractivity contribution in [1.82, 2.24) is 4.98 Å². The van der Waals surface area contributed by atoms with Crippen LogP contribution in [0.3, 0.4) is 0 Å². The standard InChI is InChI=1S/C29H30ClN3O4/c1-33(28(34)24-6-2-3-7-26(24)30,22-5-4-17-32(18-14-22)21-12-15-31-16-13-21)27-11-9-20-8-10-23(19-25(20)27)37-29(35)36/h2-3,6-8,10,12-13,15-16,19,22,27H,4-5,9,11,14,17-18H2,1H3/p+1/t22?,27-,33?/m1/s1. The molecule has 1 aliphatic heterocycles. The van der Waals surface area contributed by atoms with Crippen LogP contribution in [0.1, 0.15) is 53.2 Å². The average Bonchev–Trinajstić information content (AvgIpc) is 3.16. The van der Waals surface area contributed by atoms with Gasteiger partial charge in [-0.1, -0.05) is 29.8 Å². The van der Waals surface area contributed by atoms with Crippen molar-refractivity contribution in [2.45, 2.75) is 44.2 Å². The van der Waals surface area contributed by atoms with Crippen molar-refractivity contribution in [3.05, 3.63) is 88.7 Å². The number of pyridine rings is 1. The fourth-order valence-corrected chi connectivity index (χ4v) is 6.38. The van der Waals surface area contributed by atoms with E-state index in [1.54, 1.807) is 24.3 Å². The molecule has 5 rings (SSSR count). The van der Waals surface area contributed by atoms with Crippen molar-refractivity contribution in [2.24, 2.45) is 0 Å². The van der Waals surface area contributed by atoms with E-state index in [1.807, 2.05) is 49.8 Å². The maximum Gasteiger partial charge on any atom is 0.511 e. The van der Waals surface area contributed by atoms with Gasteiger partial charge < -0.3 is 14.7 Å². The first-order chi connectivity index (χ1) is 17.9. The number of benzene rings is 2. The lowest BCUT2D eigenvalue weighted by Crippen LogP contribution is -2.58. The Labute approximate surface area is 221 Å². The first-order valence-corrected chi connectivity index (χ1v) is 13.1. The number of carboxylic acid groups (broad SMARTS) is 1. The molecule has 37 heavy (non-hydrogen) atoms. The normalized spacial score (nSPS) is 21.0. The summed E-state index contributed by atoms with van der Waals surface area (Å²) in [6, 6.07) is 16.7. The number of anilines is 1. The van der Waals surface area contributed by atoms with E-state index in [1.165, 1.54) is 0 Å². The quantitative estimate of drug-likeness (QED) is 0.248. The molecule has 3 aromatic rings. The maximum atomic E-state index is 14.5. The molecule has 1 fully saturated rings. The second-order valence-electron chi connectivity index (χ2n) is 9.99. The van der Waals surface area contributed by atoms with E-state index < -0.39 is 6.16 Å². The summed E-state index contributed by atoms with van der Waals surface area (Å²) in [5.41, 5.74) is 3.78. The highest BCUT2D eigenvalue weighted by molar-refractivity contribution is 6.33. The summed E-state index contributed by atoms with van der Waals surface area (Å²) in [7, 11) is 2.04. The van der Waals surface area contributed by atoms with Gasteiger partial charge in [-0.15, -0.1) is 0 Å². The van der Waals surface area contributed by atoms with Gasteiger partial charge in [-0.05, 0) is 54.8 Å². The third-order valence-electron chi connectivity index (χ3n) is 8.04. The molecule has 1 N–H and O–H groups in total. The molecule has 0 saturated carbocycles. The number of carbonyl (C=O) groups excluding carboxylic acids is 1. The van der Waals surface area contributed by atoms with Gasteiger partial charge in [0, 0.05) is 56.0 Å². The van der Waals surface area contributed by atoms with Crippen LogP contribution in [0.2, 0.25) is 5.02 Å². The first kappa shape index (κ1) is 25.2. The topological polar surface area (TPSA) is 79.7 Å². The lowest BCUT2D eigenvalue weighted by atomic mass is 9.95. The van der Waals surface area contributed by atoms with Crippen LogP contribution < -0.4 is 9.64 Å². The van der Waals surface area contributed by atoms with E-state index in [4.69, 9.17) is 21.4 Å². The minimum atomic E-state index is -1.35. The second-order valence-corrected chi connectivity index (χ2v) is 10.4. The lowest BCUT2D eigenvalue weighted by Gasteiger charge is -2.44. The highest BCUT2D eigenvalue weighted by atomic mass is 35.5. The number of amides is 1. The number of carbonyl (C=O) groups is 2. The van der Waals surface area contributed by atoms with Crippen LogP contribution in [0.15, 0.2) is 67.0 Å². The van der Waals surface area contributed by atoms with Crippen LogP contribution in [0, 0.1) is 0 Å². The van der Waals surface area contributed by atoms with Gasteiger partial charge >= 0.3 is 12.1 Å². The molecular weight excluding hydrogens is 490 g/mol. The summed E-state index contributed by atoms with van der Waals surface area (Å²) in [6.45, 7) is 1.75. The molecule has 1 saturated heterocycles. The Kier molecular flexibility index (Phi) is 7.17. The van der Waals surface area contributed by atoms with E-state index >= 15 is 0 Å². The van der Waals surface area contributed by atoms with Crippen molar-refractivity contribution < 1.29 is 23.9 Å². The van der Waals surface area contributed by atoms with Crippen LogP contribution in [0.4, 0.5) is 10.5 Å². The van der Waals surface area contributed by atoms with Gasteiger partial charge in [0.25, 0.3) is 0 Å². The van der Waals surface area contributed by atoms with Crippen molar-refractivity contribution in [3.63, 3.8) is 0 Å². The van der Waals surface area contributed by atoms with Gasteiger partial charge in [-0.2, -0.15) is 0 Å². The summed E-state index contributed by atoms with van der Waals surface area (Å²) in [4.78, 5) is 32.2. The molecule has 3 atom stereocenters. The molecule has 8 heteroatoms. The number of ether oxygens (including phenoxy) is 1. The predicted octanol–water partition coefficient (Wildman–Crippen LogP) is 6.13. The molecule has 1 amide bonds. The van der Waals surface area contributed by atoms with Crippen molar-refractivity contribution in [1.29, 1.82) is 0 Å². The molecule has 2 aromatic carbocycles. The Hall–Kier alpha value is -3.42. The number of hydrogen-bond donors (Lipinski definition) is 1. The van der Waals surface area contributed by atoms with Crippen LogP contribution in [0.5, 0.6) is 5.75 Å². The van der Waals surface area contributed by atoms with E-state index in [0.717, 1.165) is 62.0 Å². The molecule has 2 unspecified atom stereocenters. The number of quaternary nitrogens is 1. The Morgan fingerprint density at radius 1 is 1.05 bits per heavy atom. The summed E-state index contributed by atoms with van der Waals surface area (Å²) >= 11 is 6.56. The smallest absolute Gasteiger partial charge is 0.449 e. The number of aryl methyl sites for hydroxylation is 1. The number of hydrogen-bond acceptors (Lipinski definition) is 5.